The van der Waals surface area contributed by atoms with Gasteiger partial charge in [-0.05, 0) is 43.9 Å². The fourth-order valence-electron chi connectivity index (χ4n) is 4.01. The van der Waals surface area contributed by atoms with Gasteiger partial charge in [0.15, 0.2) is 6.54 Å². The van der Waals surface area contributed by atoms with Crippen LogP contribution >= 0.6 is 0 Å². The van der Waals surface area contributed by atoms with E-state index < -0.39 is 15.8 Å². The molecule has 1 fully saturated rings. The molecular formula is C20H33FN3O3S+. The number of amides is 1. The van der Waals surface area contributed by atoms with Gasteiger partial charge in [-0.25, -0.2) is 12.8 Å². The van der Waals surface area contributed by atoms with Gasteiger partial charge in [0, 0.05) is 5.54 Å². The van der Waals surface area contributed by atoms with Gasteiger partial charge in [-0.1, -0.05) is 26.8 Å². The molecule has 1 saturated heterocycles. The van der Waals surface area contributed by atoms with Gasteiger partial charge in [-0.15, -0.1) is 0 Å². The Kier molecular flexibility index (Phi) is 6.89. The second-order valence-corrected chi connectivity index (χ2v) is 11.4. The average molecular weight is 415 g/mol. The van der Waals surface area contributed by atoms with E-state index in [0.29, 0.717) is 32.7 Å². The second-order valence-electron chi connectivity index (χ2n) is 9.46. The summed E-state index contributed by atoms with van der Waals surface area (Å²) in [4.78, 5) is 13.5. The lowest BCUT2D eigenvalue weighted by Crippen LogP contribution is -3.16. The van der Waals surface area contributed by atoms with Crippen molar-refractivity contribution >= 4 is 15.9 Å². The molecule has 158 valence electrons. The van der Waals surface area contributed by atoms with Crippen LogP contribution in [0.3, 0.4) is 0 Å². The molecule has 1 aliphatic rings. The lowest BCUT2D eigenvalue weighted by molar-refractivity contribution is -0.895. The molecule has 1 aliphatic heterocycles. The maximum absolute atomic E-state index is 13.4. The zero-order valence-corrected chi connectivity index (χ0v) is 18.3. The molecule has 1 aromatic rings. The molecule has 1 aromatic carbocycles. The molecule has 0 spiro atoms. The van der Waals surface area contributed by atoms with Crippen molar-refractivity contribution in [3.8, 4) is 0 Å². The number of nitrogens with zero attached hydrogens (tertiary/aromatic N) is 1. The first kappa shape index (κ1) is 22.8. The molecule has 28 heavy (non-hydrogen) atoms. The third-order valence-corrected chi connectivity index (χ3v) is 6.62. The SMILES string of the molecule is CC(C)(C)CC(C)(C)NC(=O)C[NH+]1CCN(S(=O)(=O)c2cccc(F)c2)CC1. The summed E-state index contributed by atoms with van der Waals surface area (Å²) >= 11 is 0. The minimum absolute atomic E-state index is 0.0225. The van der Waals surface area contributed by atoms with E-state index in [1.807, 2.05) is 13.8 Å². The number of carbonyl (C=O) groups excluding carboxylic acids is 1. The van der Waals surface area contributed by atoms with Crippen molar-refractivity contribution in [2.45, 2.75) is 51.5 Å². The van der Waals surface area contributed by atoms with Crippen LogP contribution < -0.4 is 10.2 Å². The van der Waals surface area contributed by atoms with Crippen molar-refractivity contribution in [3.63, 3.8) is 0 Å². The molecule has 2 rings (SSSR count). The van der Waals surface area contributed by atoms with Crippen LogP contribution in [0.2, 0.25) is 0 Å². The third-order valence-electron chi connectivity index (χ3n) is 4.72. The van der Waals surface area contributed by atoms with Gasteiger partial charge in [0.1, 0.15) is 5.82 Å². The highest BCUT2D eigenvalue weighted by Gasteiger charge is 2.33. The minimum atomic E-state index is -3.71. The average Bonchev–Trinajstić information content (AvgIpc) is 2.52. The summed E-state index contributed by atoms with van der Waals surface area (Å²) < 4.78 is 40.1. The number of benzene rings is 1. The Labute approximate surface area is 168 Å². The van der Waals surface area contributed by atoms with Gasteiger partial charge in [0.25, 0.3) is 5.91 Å². The van der Waals surface area contributed by atoms with E-state index in [9.17, 15) is 17.6 Å². The standard InChI is InChI=1S/C20H32FN3O3S/c1-19(2,3)15-20(4,5)22-18(25)14-23-9-11-24(12-10-23)28(26,27)17-8-6-7-16(21)13-17/h6-8,13H,9-12,14-15H2,1-5H3,(H,22,25)/p+1. The largest absolute Gasteiger partial charge is 0.346 e. The van der Waals surface area contributed by atoms with E-state index in [1.54, 1.807) is 0 Å². The van der Waals surface area contributed by atoms with Crippen LogP contribution in [0.4, 0.5) is 4.39 Å². The predicted octanol–water partition coefficient (Wildman–Crippen LogP) is 1.05. The zero-order valence-electron chi connectivity index (χ0n) is 17.5. The van der Waals surface area contributed by atoms with Crippen LogP contribution in [0.15, 0.2) is 29.2 Å². The Morgan fingerprint density at radius 3 is 2.32 bits per heavy atom. The molecule has 0 bridgehead atoms. The van der Waals surface area contributed by atoms with Crippen molar-refractivity contribution in [1.29, 1.82) is 0 Å². The zero-order chi connectivity index (χ0) is 21.2. The number of quaternary nitrogens is 1. The summed E-state index contributed by atoms with van der Waals surface area (Å²) in [6.07, 6.45) is 0.862. The first-order valence-corrected chi connectivity index (χ1v) is 11.1. The quantitative estimate of drug-likeness (QED) is 0.731. The summed E-state index contributed by atoms with van der Waals surface area (Å²) in [6, 6.07) is 5.07. The molecule has 0 aliphatic carbocycles. The Morgan fingerprint density at radius 2 is 1.79 bits per heavy atom. The summed E-state index contributed by atoms with van der Waals surface area (Å²) in [5.74, 6) is -0.592. The Balaban J connectivity index is 1.89. The fraction of sp³-hybridized carbons (Fsp3) is 0.650. The Bertz CT molecular complexity index is 795. The number of sulfonamides is 1. The Morgan fingerprint density at radius 1 is 1.18 bits per heavy atom. The van der Waals surface area contributed by atoms with Crippen molar-refractivity contribution in [2.75, 3.05) is 32.7 Å². The maximum Gasteiger partial charge on any atom is 0.275 e. The van der Waals surface area contributed by atoms with Crippen molar-refractivity contribution < 1.29 is 22.5 Å². The second kappa shape index (κ2) is 8.47. The van der Waals surface area contributed by atoms with Crippen molar-refractivity contribution in [2.24, 2.45) is 5.41 Å². The van der Waals surface area contributed by atoms with Crippen LogP contribution in [0.5, 0.6) is 0 Å². The summed E-state index contributed by atoms with van der Waals surface area (Å²) in [7, 11) is -3.71. The van der Waals surface area contributed by atoms with Crippen LogP contribution in [0.1, 0.15) is 41.0 Å². The molecule has 8 heteroatoms. The molecule has 1 amide bonds. The highest BCUT2D eigenvalue weighted by molar-refractivity contribution is 7.89. The number of rotatable bonds is 6. The fourth-order valence-corrected chi connectivity index (χ4v) is 5.49. The molecule has 0 radical (unpaired) electrons. The van der Waals surface area contributed by atoms with E-state index in [4.69, 9.17) is 0 Å². The van der Waals surface area contributed by atoms with Gasteiger partial charge in [0.2, 0.25) is 10.0 Å². The molecule has 2 N–H and O–H groups in total. The van der Waals surface area contributed by atoms with E-state index in [0.717, 1.165) is 17.4 Å². The van der Waals surface area contributed by atoms with E-state index in [-0.39, 0.29) is 21.8 Å². The minimum Gasteiger partial charge on any atom is -0.346 e. The predicted molar refractivity (Wildman–Crippen MR) is 107 cm³/mol. The summed E-state index contributed by atoms with van der Waals surface area (Å²) in [6.45, 7) is 12.5. The molecular weight excluding hydrogens is 381 g/mol. The first-order chi connectivity index (χ1) is 12.8. The van der Waals surface area contributed by atoms with Crippen LogP contribution in [-0.2, 0) is 14.8 Å². The molecule has 0 aromatic heterocycles. The van der Waals surface area contributed by atoms with Crippen molar-refractivity contribution in [3.05, 3.63) is 30.1 Å². The molecule has 6 nitrogen and oxygen atoms in total. The molecule has 0 saturated carbocycles. The number of hydrogen-bond acceptors (Lipinski definition) is 3. The summed E-state index contributed by atoms with van der Waals surface area (Å²) in [5, 5.41) is 3.10. The monoisotopic (exact) mass is 414 g/mol. The van der Waals surface area contributed by atoms with E-state index in [1.165, 1.54) is 22.5 Å². The van der Waals surface area contributed by atoms with Gasteiger partial charge in [0.05, 0.1) is 31.1 Å². The van der Waals surface area contributed by atoms with Crippen molar-refractivity contribution in [1.82, 2.24) is 9.62 Å². The van der Waals surface area contributed by atoms with Crippen LogP contribution in [-0.4, -0.2) is 56.9 Å². The molecule has 1 heterocycles. The van der Waals surface area contributed by atoms with E-state index in [2.05, 4.69) is 26.1 Å². The summed E-state index contributed by atoms with van der Waals surface area (Å²) in [5.41, 5.74) is -0.183. The number of hydrogen-bond donors (Lipinski definition) is 2. The highest BCUT2D eigenvalue weighted by atomic mass is 32.2. The van der Waals surface area contributed by atoms with Crippen LogP contribution in [0.25, 0.3) is 0 Å². The lowest BCUT2D eigenvalue weighted by Gasteiger charge is -2.35. The molecule has 0 unspecified atom stereocenters. The third kappa shape index (κ3) is 6.53. The maximum atomic E-state index is 13.4. The number of nitrogens with one attached hydrogen (secondary N) is 2. The number of piperazine rings is 1. The van der Waals surface area contributed by atoms with Gasteiger partial charge >= 0.3 is 0 Å². The smallest absolute Gasteiger partial charge is 0.275 e. The number of halogens is 1. The van der Waals surface area contributed by atoms with Gasteiger partial charge in [-0.3, -0.25) is 4.79 Å². The lowest BCUT2D eigenvalue weighted by atomic mass is 9.82. The van der Waals surface area contributed by atoms with Gasteiger partial charge < -0.3 is 10.2 Å². The topological polar surface area (TPSA) is 70.9 Å². The Hall–Kier alpha value is -1.51. The normalized spacial score (nSPS) is 17.5. The highest BCUT2D eigenvalue weighted by Crippen LogP contribution is 2.26. The van der Waals surface area contributed by atoms with E-state index >= 15 is 0 Å². The first-order valence-electron chi connectivity index (χ1n) is 9.69. The molecule has 0 atom stereocenters. The van der Waals surface area contributed by atoms with Crippen LogP contribution in [0, 0.1) is 11.2 Å². The number of carbonyl (C=O) groups is 1. The van der Waals surface area contributed by atoms with Gasteiger partial charge in [-0.2, -0.15) is 4.31 Å².